The van der Waals surface area contributed by atoms with Crippen molar-refractivity contribution in [2.24, 2.45) is 0 Å². The van der Waals surface area contributed by atoms with Crippen LogP contribution in [0, 0.1) is 13.8 Å². The average molecular weight is 530 g/mol. The topological polar surface area (TPSA) is 62.2 Å². The minimum Gasteiger partial charge on any atom is -0.352 e. The number of hydrogen-bond donors (Lipinski definition) is 2. The fourth-order valence-corrected chi connectivity index (χ4v) is 5.29. The molecule has 1 fully saturated rings. The number of carbonyl (C=O) groups excluding carboxylic acids is 1. The van der Waals surface area contributed by atoms with Crippen LogP contribution in [0.5, 0.6) is 0 Å². The van der Waals surface area contributed by atoms with Gasteiger partial charge in [0.15, 0.2) is 5.11 Å². The van der Waals surface area contributed by atoms with E-state index in [1.54, 1.807) is 6.20 Å². The van der Waals surface area contributed by atoms with Crippen molar-refractivity contribution in [1.82, 2.24) is 19.8 Å². The van der Waals surface area contributed by atoms with Gasteiger partial charge in [0.1, 0.15) is 0 Å². The Hall–Kier alpha value is -3.68. The largest absolute Gasteiger partial charge is 0.352 e. The number of rotatable bonds is 7. The summed E-state index contributed by atoms with van der Waals surface area (Å²) >= 11 is 12.1. The van der Waals surface area contributed by atoms with Crippen LogP contribution in [0.25, 0.3) is 5.69 Å². The van der Waals surface area contributed by atoms with Crippen LogP contribution in [0.3, 0.4) is 0 Å². The van der Waals surface area contributed by atoms with Gasteiger partial charge in [-0.05, 0) is 85.7 Å². The maximum absolute atomic E-state index is 13.0. The first-order valence-corrected chi connectivity index (χ1v) is 13.0. The Bertz CT molecular complexity index is 1440. The molecule has 1 aliphatic heterocycles. The molecule has 2 aromatic carbocycles. The quantitative estimate of drug-likeness (QED) is 0.281. The number of aromatic nitrogens is 2. The highest BCUT2D eigenvalue weighted by molar-refractivity contribution is 7.80. The predicted molar refractivity (Wildman–Crippen MR) is 152 cm³/mol. The van der Waals surface area contributed by atoms with Gasteiger partial charge < -0.3 is 20.1 Å². The van der Waals surface area contributed by atoms with Gasteiger partial charge in [0.25, 0.3) is 0 Å². The summed E-state index contributed by atoms with van der Waals surface area (Å²) in [5, 5.41) is 7.79. The van der Waals surface area contributed by atoms with Crippen LogP contribution in [-0.4, -0.2) is 32.0 Å². The first kappa shape index (κ1) is 25.0. The molecule has 0 spiro atoms. The fourth-order valence-electron chi connectivity index (χ4n) is 4.77. The van der Waals surface area contributed by atoms with E-state index in [0.717, 1.165) is 33.9 Å². The van der Waals surface area contributed by atoms with Crippen LogP contribution in [0.4, 0.5) is 5.69 Å². The SMILES string of the molecule is Cc1ccc(C)c(NC(=O)CCN2C(=S)N[C@H](c3ccccn3)[C@@H]2c2cccn2-c2cccc(Cl)c2)c1. The molecule has 2 atom stereocenters. The van der Waals surface area contributed by atoms with Crippen molar-refractivity contribution < 1.29 is 4.79 Å². The highest BCUT2D eigenvalue weighted by Gasteiger charge is 2.41. The molecule has 3 heterocycles. The van der Waals surface area contributed by atoms with Crippen molar-refractivity contribution in [1.29, 1.82) is 0 Å². The molecule has 1 amide bonds. The van der Waals surface area contributed by atoms with Gasteiger partial charge in [-0.1, -0.05) is 35.9 Å². The molecule has 0 bridgehead atoms. The zero-order valence-corrected chi connectivity index (χ0v) is 22.3. The van der Waals surface area contributed by atoms with Crippen molar-refractivity contribution in [3.63, 3.8) is 0 Å². The Kier molecular flexibility index (Phi) is 7.26. The van der Waals surface area contributed by atoms with Crippen LogP contribution in [0.15, 0.2) is 85.2 Å². The van der Waals surface area contributed by atoms with Crippen LogP contribution < -0.4 is 10.6 Å². The molecule has 5 rings (SSSR count). The standard InChI is InChI=1S/C29H28ClN5OS/c1-19-11-12-20(2)24(17-19)32-26(36)13-16-35-28(27(33-29(35)37)23-9-3-4-14-31-23)25-10-6-15-34(25)22-8-5-7-21(30)18-22/h3-12,14-15,17-18,27-28H,13,16H2,1-2H3,(H,32,36)(H,33,37)/t27-,28+/m1/s1. The Morgan fingerprint density at radius 2 is 1.95 bits per heavy atom. The number of nitrogens with one attached hydrogen (secondary N) is 2. The smallest absolute Gasteiger partial charge is 0.226 e. The zero-order chi connectivity index (χ0) is 25.9. The molecule has 1 saturated heterocycles. The summed E-state index contributed by atoms with van der Waals surface area (Å²) in [5.74, 6) is -0.0539. The zero-order valence-electron chi connectivity index (χ0n) is 20.7. The maximum Gasteiger partial charge on any atom is 0.226 e. The molecule has 2 N–H and O–H groups in total. The van der Waals surface area contributed by atoms with Crippen LogP contribution in [-0.2, 0) is 4.79 Å². The van der Waals surface area contributed by atoms with Gasteiger partial charge in [-0.3, -0.25) is 9.78 Å². The number of thiocarbonyl (C=S) groups is 1. The Morgan fingerprint density at radius 1 is 1.08 bits per heavy atom. The molecule has 4 aromatic rings. The number of benzene rings is 2. The second kappa shape index (κ2) is 10.7. The Labute approximate surface area is 227 Å². The molecule has 0 saturated carbocycles. The first-order chi connectivity index (χ1) is 17.9. The summed E-state index contributed by atoms with van der Waals surface area (Å²) in [4.78, 5) is 19.7. The van der Waals surface area contributed by atoms with Crippen molar-refractivity contribution in [3.8, 4) is 5.69 Å². The highest BCUT2D eigenvalue weighted by atomic mass is 35.5. The molecule has 2 aromatic heterocycles. The van der Waals surface area contributed by atoms with E-state index in [4.69, 9.17) is 23.8 Å². The lowest BCUT2D eigenvalue weighted by atomic mass is 10.0. The number of halogens is 1. The minimum absolute atomic E-state index is 0.0539. The van der Waals surface area contributed by atoms with E-state index in [1.807, 2.05) is 86.8 Å². The van der Waals surface area contributed by atoms with Gasteiger partial charge >= 0.3 is 0 Å². The van der Waals surface area contributed by atoms with Crippen molar-refractivity contribution in [3.05, 3.63) is 113 Å². The summed E-state index contributed by atoms with van der Waals surface area (Å²) in [6.45, 7) is 4.46. The molecular formula is C29H28ClN5OS. The third-order valence-corrected chi connectivity index (χ3v) is 7.20. The monoisotopic (exact) mass is 529 g/mol. The Balaban J connectivity index is 1.44. The molecule has 0 aliphatic carbocycles. The average Bonchev–Trinajstić information content (AvgIpc) is 3.49. The fraction of sp³-hybridized carbons (Fsp3) is 0.207. The summed E-state index contributed by atoms with van der Waals surface area (Å²) in [7, 11) is 0. The molecule has 6 nitrogen and oxygen atoms in total. The third kappa shape index (κ3) is 5.38. The van der Waals surface area contributed by atoms with Gasteiger partial charge in [-0.25, -0.2) is 0 Å². The van der Waals surface area contributed by atoms with Crippen LogP contribution in [0.1, 0.15) is 41.0 Å². The molecule has 1 aliphatic rings. The number of hydrogen-bond acceptors (Lipinski definition) is 3. The molecule has 8 heteroatoms. The van der Waals surface area contributed by atoms with Crippen LogP contribution in [0.2, 0.25) is 5.02 Å². The summed E-state index contributed by atoms with van der Waals surface area (Å²) in [6.07, 6.45) is 4.09. The third-order valence-electron chi connectivity index (χ3n) is 6.61. The minimum atomic E-state index is -0.177. The molecule has 0 unspecified atom stereocenters. The number of nitrogens with zero attached hydrogens (tertiary/aromatic N) is 3. The Morgan fingerprint density at radius 3 is 2.73 bits per heavy atom. The predicted octanol–water partition coefficient (Wildman–Crippen LogP) is 6.14. The number of aryl methyl sites for hydroxylation is 2. The number of amides is 1. The van der Waals surface area contributed by atoms with E-state index < -0.39 is 0 Å². The van der Waals surface area contributed by atoms with E-state index >= 15 is 0 Å². The van der Waals surface area contributed by atoms with E-state index in [-0.39, 0.29) is 18.0 Å². The lowest BCUT2D eigenvalue weighted by Gasteiger charge is -2.29. The molecular weight excluding hydrogens is 502 g/mol. The number of pyridine rings is 1. The van der Waals surface area contributed by atoms with Gasteiger partial charge in [-0.15, -0.1) is 0 Å². The van der Waals surface area contributed by atoms with Crippen molar-refractivity contribution in [2.45, 2.75) is 32.4 Å². The van der Waals surface area contributed by atoms with Crippen LogP contribution >= 0.6 is 23.8 Å². The molecule has 37 heavy (non-hydrogen) atoms. The lowest BCUT2D eigenvalue weighted by Crippen LogP contribution is -2.33. The van der Waals surface area contributed by atoms with E-state index in [2.05, 4.69) is 31.2 Å². The van der Waals surface area contributed by atoms with Crippen molar-refractivity contribution >= 4 is 40.5 Å². The lowest BCUT2D eigenvalue weighted by molar-refractivity contribution is -0.116. The highest BCUT2D eigenvalue weighted by Crippen LogP contribution is 2.39. The van der Waals surface area contributed by atoms with Gasteiger partial charge in [0.05, 0.1) is 17.8 Å². The summed E-state index contributed by atoms with van der Waals surface area (Å²) in [6, 6.07) is 23.4. The van der Waals surface area contributed by atoms with Gasteiger partial charge in [-0.2, -0.15) is 0 Å². The van der Waals surface area contributed by atoms with Gasteiger partial charge in [0, 0.05) is 47.5 Å². The van der Waals surface area contributed by atoms with Gasteiger partial charge in [0.2, 0.25) is 5.91 Å². The van der Waals surface area contributed by atoms with E-state index in [1.165, 1.54) is 0 Å². The first-order valence-electron chi connectivity index (χ1n) is 12.2. The summed E-state index contributed by atoms with van der Waals surface area (Å²) < 4.78 is 2.12. The second-order valence-electron chi connectivity index (χ2n) is 9.22. The molecule has 0 radical (unpaired) electrons. The van der Waals surface area contributed by atoms with Crippen molar-refractivity contribution in [2.75, 3.05) is 11.9 Å². The molecule has 188 valence electrons. The number of anilines is 1. The normalized spacial score (nSPS) is 17.1. The number of carbonyl (C=O) groups is 1. The maximum atomic E-state index is 13.0. The van der Waals surface area contributed by atoms with E-state index in [0.29, 0.717) is 23.1 Å². The van der Waals surface area contributed by atoms with E-state index in [9.17, 15) is 4.79 Å². The summed E-state index contributed by atoms with van der Waals surface area (Å²) in [5.41, 5.74) is 5.84. The second-order valence-corrected chi connectivity index (χ2v) is 10.0.